The molecule has 0 aromatic heterocycles. The molecule has 1 aromatic rings. The Balaban J connectivity index is 1.59. The van der Waals surface area contributed by atoms with E-state index < -0.39 is 6.04 Å². The van der Waals surface area contributed by atoms with Crippen molar-refractivity contribution in [3.63, 3.8) is 0 Å². The van der Waals surface area contributed by atoms with Crippen molar-refractivity contribution in [1.29, 1.82) is 0 Å². The number of nitrogens with one attached hydrogen (secondary N) is 2. The second-order valence-corrected chi connectivity index (χ2v) is 7.75. The molecule has 2 amide bonds. The molecular weight excluding hydrogens is 342 g/mol. The summed E-state index contributed by atoms with van der Waals surface area (Å²) in [7, 11) is 1.67. The van der Waals surface area contributed by atoms with Gasteiger partial charge in [-0.2, -0.15) is 0 Å². The van der Waals surface area contributed by atoms with Crippen molar-refractivity contribution < 1.29 is 14.3 Å². The average Bonchev–Trinajstić information content (AvgIpc) is 3.11. The third-order valence-corrected chi connectivity index (χ3v) is 5.74. The first-order chi connectivity index (χ1) is 13.1. The Bertz CT molecular complexity index is 629. The molecule has 0 radical (unpaired) electrons. The summed E-state index contributed by atoms with van der Waals surface area (Å²) in [6, 6.07) is 9.85. The van der Waals surface area contributed by atoms with E-state index in [0.29, 0.717) is 13.2 Å². The largest absolute Gasteiger partial charge is 0.382 e. The van der Waals surface area contributed by atoms with Gasteiger partial charge in [0.05, 0.1) is 24.6 Å². The van der Waals surface area contributed by atoms with Crippen LogP contribution >= 0.6 is 0 Å². The number of nitrogens with zero attached hydrogens (tertiary/aromatic N) is 1. The highest BCUT2D eigenvalue weighted by atomic mass is 16.5. The molecule has 148 valence electrons. The van der Waals surface area contributed by atoms with Gasteiger partial charge in [0.25, 0.3) is 0 Å². The zero-order valence-electron chi connectivity index (χ0n) is 16.2. The molecule has 1 aliphatic heterocycles. The molecule has 1 aliphatic carbocycles. The highest BCUT2D eigenvalue weighted by Crippen LogP contribution is 2.30. The van der Waals surface area contributed by atoms with Crippen molar-refractivity contribution in [3.8, 4) is 0 Å². The number of ether oxygens (including phenoxy) is 1. The van der Waals surface area contributed by atoms with Crippen LogP contribution in [0.1, 0.15) is 37.7 Å². The van der Waals surface area contributed by atoms with Crippen molar-refractivity contribution in [2.45, 2.75) is 50.1 Å². The van der Waals surface area contributed by atoms with Gasteiger partial charge in [0.1, 0.15) is 0 Å². The highest BCUT2D eigenvalue weighted by molar-refractivity contribution is 5.89. The van der Waals surface area contributed by atoms with Crippen LogP contribution in [0.4, 0.5) is 0 Å². The first-order valence-corrected chi connectivity index (χ1v) is 9.97. The maximum Gasteiger partial charge on any atom is 0.237 e. The highest BCUT2D eigenvalue weighted by Gasteiger charge is 2.37. The number of carbonyl (C=O) groups excluding carboxylic acids is 2. The molecule has 1 atom stereocenters. The first kappa shape index (κ1) is 19.8. The lowest BCUT2D eigenvalue weighted by Crippen LogP contribution is -2.58. The third kappa shape index (κ3) is 5.30. The first-order valence-electron chi connectivity index (χ1n) is 9.97. The third-order valence-electron chi connectivity index (χ3n) is 5.74. The molecule has 1 saturated heterocycles. The molecule has 1 heterocycles. The molecule has 6 heteroatoms. The van der Waals surface area contributed by atoms with E-state index in [1.165, 1.54) is 5.56 Å². The van der Waals surface area contributed by atoms with E-state index in [4.69, 9.17) is 4.74 Å². The van der Waals surface area contributed by atoms with Gasteiger partial charge in [-0.3, -0.25) is 14.5 Å². The van der Waals surface area contributed by atoms with E-state index in [0.717, 1.165) is 45.2 Å². The SMILES string of the molecule is COCC1(NC(=O)C[C@H]2C(=O)NCCN2CCc2ccccc2)CCCC1. The second-order valence-electron chi connectivity index (χ2n) is 7.75. The number of amides is 2. The number of hydrogen-bond acceptors (Lipinski definition) is 4. The van der Waals surface area contributed by atoms with Gasteiger partial charge in [0, 0.05) is 26.7 Å². The fraction of sp³-hybridized carbons (Fsp3) is 0.619. The number of benzene rings is 1. The zero-order valence-corrected chi connectivity index (χ0v) is 16.2. The lowest BCUT2D eigenvalue weighted by atomic mass is 9.97. The van der Waals surface area contributed by atoms with E-state index in [-0.39, 0.29) is 23.8 Å². The Morgan fingerprint density at radius 2 is 2.04 bits per heavy atom. The number of piperazine rings is 1. The van der Waals surface area contributed by atoms with Gasteiger partial charge in [0.2, 0.25) is 11.8 Å². The van der Waals surface area contributed by atoms with Crippen LogP contribution in [0.15, 0.2) is 30.3 Å². The smallest absolute Gasteiger partial charge is 0.237 e. The molecule has 1 saturated carbocycles. The molecule has 1 aromatic carbocycles. The minimum atomic E-state index is -0.400. The lowest BCUT2D eigenvalue weighted by Gasteiger charge is -2.36. The van der Waals surface area contributed by atoms with Crippen LogP contribution in [0.5, 0.6) is 0 Å². The maximum atomic E-state index is 12.7. The Kier molecular flexibility index (Phi) is 6.85. The van der Waals surface area contributed by atoms with Crippen LogP contribution in [0.25, 0.3) is 0 Å². The van der Waals surface area contributed by atoms with Crippen molar-refractivity contribution in [2.24, 2.45) is 0 Å². The van der Waals surface area contributed by atoms with Crippen LogP contribution in [0.3, 0.4) is 0 Å². The summed E-state index contributed by atoms with van der Waals surface area (Å²) in [5.74, 6) is -0.0996. The number of carbonyl (C=O) groups is 2. The normalized spacial score (nSPS) is 22.4. The summed E-state index contributed by atoms with van der Waals surface area (Å²) in [4.78, 5) is 27.3. The fourth-order valence-electron chi connectivity index (χ4n) is 4.32. The van der Waals surface area contributed by atoms with E-state index in [1.54, 1.807) is 7.11 Å². The van der Waals surface area contributed by atoms with E-state index >= 15 is 0 Å². The predicted molar refractivity (Wildman–Crippen MR) is 104 cm³/mol. The molecule has 0 spiro atoms. The summed E-state index contributed by atoms with van der Waals surface area (Å²) in [5.41, 5.74) is 0.989. The lowest BCUT2D eigenvalue weighted by molar-refractivity contribution is -0.134. The van der Waals surface area contributed by atoms with Gasteiger partial charge in [-0.25, -0.2) is 0 Å². The Labute approximate surface area is 161 Å². The number of hydrogen-bond donors (Lipinski definition) is 2. The molecule has 0 bridgehead atoms. The van der Waals surface area contributed by atoms with Crippen LogP contribution in [0, 0.1) is 0 Å². The van der Waals surface area contributed by atoms with E-state index in [9.17, 15) is 9.59 Å². The molecule has 3 rings (SSSR count). The Hall–Kier alpha value is -1.92. The van der Waals surface area contributed by atoms with Crippen molar-refractivity contribution in [2.75, 3.05) is 33.4 Å². The van der Waals surface area contributed by atoms with Gasteiger partial charge < -0.3 is 15.4 Å². The monoisotopic (exact) mass is 373 g/mol. The molecule has 27 heavy (non-hydrogen) atoms. The Morgan fingerprint density at radius 3 is 2.74 bits per heavy atom. The summed E-state index contributed by atoms with van der Waals surface area (Å²) in [5, 5.41) is 6.09. The van der Waals surface area contributed by atoms with E-state index in [1.807, 2.05) is 18.2 Å². The van der Waals surface area contributed by atoms with Crippen LogP contribution in [0.2, 0.25) is 0 Å². The second kappa shape index (κ2) is 9.33. The zero-order chi connectivity index (χ0) is 19.1. The molecule has 2 fully saturated rings. The van der Waals surface area contributed by atoms with Crippen LogP contribution < -0.4 is 10.6 Å². The standard InChI is InChI=1S/C21H31N3O3/c1-27-16-21(10-5-6-11-21)23-19(25)15-18-20(26)22-12-14-24(18)13-9-17-7-3-2-4-8-17/h2-4,7-8,18H,5-6,9-16H2,1H3,(H,22,26)(H,23,25)/t18-/m0/s1. The van der Waals surface area contributed by atoms with Crippen molar-refractivity contribution in [1.82, 2.24) is 15.5 Å². The Morgan fingerprint density at radius 1 is 1.30 bits per heavy atom. The molecule has 2 aliphatic rings. The van der Waals surface area contributed by atoms with Crippen LogP contribution in [-0.2, 0) is 20.7 Å². The predicted octanol–water partition coefficient (Wildman–Crippen LogP) is 1.50. The van der Waals surface area contributed by atoms with Crippen LogP contribution in [-0.4, -0.2) is 61.6 Å². The van der Waals surface area contributed by atoms with Gasteiger partial charge in [-0.05, 0) is 24.8 Å². The van der Waals surface area contributed by atoms with Gasteiger partial charge in [-0.15, -0.1) is 0 Å². The maximum absolute atomic E-state index is 12.7. The summed E-state index contributed by atoms with van der Waals surface area (Å²) in [6.45, 7) is 2.73. The summed E-state index contributed by atoms with van der Waals surface area (Å²) < 4.78 is 5.35. The summed E-state index contributed by atoms with van der Waals surface area (Å²) in [6.07, 6.45) is 5.18. The fourth-order valence-corrected chi connectivity index (χ4v) is 4.32. The van der Waals surface area contributed by atoms with E-state index in [2.05, 4.69) is 27.7 Å². The topological polar surface area (TPSA) is 70.7 Å². The minimum absolute atomic E-state index is 0.0447. The molecule has 2 N–H and O–H groups in total. The van der Waals surface area contributed by atoms with Gasteiger partial charge in [0.15, 0.2) is 0 Å². The molecular formula is C21H31N3O3. The van der Waals surface area contributed by atoms with Crippen molar-refractivity contribution >= 4 is 11.8 Å². The van der Waals surface area contributed by atoms with Crippen molar-refractivity contribution in [3.05, 3.63) is 35.9 Å². The number of methoxy groups -OCH3 is 1. The summed E-state index contributed by atoms with van der Waals surface area (Å²) >= 11 is 0. The van der Waals surface area contributed by atoms with Gasteiger partial charge in [-0.1, -0.05) is 43.2 Å². The van der Waals surface area contributed by atoms with Gasteiger partial charge >= 0.3 is 0 Å². The molecule has 6 nitrogen and oxygen atoms in total. The molecule has 0 unspecified atom stereocenters. The quantitative estimate of drug-likeness (QED) is 0.724. The minimum Gasteiger partial charge on any atom is -0.382 e. The average molecular weight is 373 g/mol. The number of rotatable bonds is 8.